The zero-order chi connectivity index (χ0) is 14.7. The molecule has 118 valence electrons. The van der Waals surface area contributed by atoms with Crippen molar-refractivity contribution in [3.63, 3.8) is 0 Å². The Morgan fingerprint density at radius 3 is 1.91 bits per heavy atom. The molecule has 0 unspecified atom stereocenters. The third kappa shape index (κ3) is 3.70. The van der Waals surface area contributed by atoms with Crippen molar-refractivity contribution >= 4 is 12.4 Å². The lowest BCUT2D eigenvalue weighted by Gasteiger charge is -2.23. The SMILES string of the molecule is CN(C)CCNC1c2ccccc2CCc2ccccc21.Cl. The van der Waals surface area contributed by atoms with Crippen molar-refractivity contribution in [2.75, 3.05) is 27.2 Å². The standard InChI is InChI=1S/C19H24N2.ClH/c1-21(2)14-13-20-19-17-9-5-3-7-15(17)11-12-16-8-4-6-10-18(16)19;/h3-10,19-20H,11-14H2,1-2H3;1H. The minimum atomic E-state index is 0. The zero-order valence-electron chi connectivity index (χ0n) is 13.4. The highest BCUT2D eigenvalue weighted by Gasteiger charge is 2.22. The number of aryl methyl sites for hydroxylation is 2. The predicted molar refractivity (Wildman–Crippen MR) is 95.9 cm³/mol. The molecule has 0 aromatic heterocycles. The Bertz CT molecular complexity index is 562. The minimum Gasteiger partial charge on any atom is -0.308 e. The van der Waals surface area contributed by atoms with Crippen molar-refractivity contribution in [3.8, 4) is 0 Å². The second-order valence-corrected chi connectivity index (χ2v) is 6.09. The molecule has 1 N–H and O–H groups in total. The summed E-state index contributed by atoms with van der Waals surface area (Å²) in [5.41, 5.74) is 5.86. The number of hydrogen-bond acceptors (Lipinski definition) is 2. The summed E-state index contributed by atoms with van der Waals surface area (Å²) in [6.45, 7) is 2.06. The lowest BCUT2D eigenvalue weighted by Crippen LogP contribution is -2.30. The van der Waals surface area contributed by atoms with Crippen LogP contribution in [0.15, 0.2) is 48.5 Å². The molecule has 2 aromatic carbocycles. The maximum Gasteiger partial charge on any atom is 0.0582 e. The summed E-state index contributed by atoms with van der Waals surface area (Å²) in [6, 6.07) is 18.1. The summed E-state index contributed by atoms with van der Waals surface area (Å²) in [7, 11) is 4.24. The van der Waals surface area contributed by atoms with Gasteiger partial charge in [0.2, 0.25) is 0 Å². The Balaban J connectivity index is 0.00000176. The summed E-state index contributed by atoms with van der Waals surface area (Å²) in [4.78, 5) is 2.22. The van der Waals surface area contributed by atoms with Crippen molar-refractivity contribution < 1.29 is 0 Å². The molecular weight excluding hydrogens is 292 g/mol. The molecule has 0 spiro atoms. The molecule has 0 bridgehead atoms. The molecule has 0 radical (unpaired) electrons. The summed E-state index contributed by atoms with van der Waals surface area (Å²) in [5.74, 6) is 0. The Labute approximate surface area is 140 Å². The monoisotopic (exact) mass is 316 g/mol. The first-order valence-electron chi connectivity index (χ1n) is 7.79. The highest BCUT2D eigenvalue weighted by atomic mass is 35.5. The molecule has 0 saturated heterocycles. The molecule has 0 aliphatic heterocycles. The van der Waals surface area contributed by atoms with Crippen LogP contribution in [0.25, 0.3) is 0 Å². The van der Waals surface area contributed by atoms with Gasteiger partial charge in [-0.3, -0.25) is 0 Å². The van der Waals surface area contributed by atoms with Gasteiger partial charge in [0.1, 0.15) is 0 Å². The van der Waals surface area contributed by atoms with Crippen LogP contribution >= 0.6 is 12.4 Å². The molecule has 3 heteroatoms. The van der Waals surface area contributed by atoms with Crippen LogP contribution in [0.2, 0.25) is 0 Å². The van der Waals surface area contributed by atoms with Crippen molar-refractivity contribution in [2.45, 2.75) is 18.9 Å². The van der Waals surface area contributed by atoms with Crippen molar-refractivity contribution in [2.24, 2.45) is 0 Å². The number of rotatable bonds is 4. The first-order valence-corrected chi connectivity index (χ1v) is 7.79. The van der Waals surface area contributed by atoms with Crippen molar-refractivity contribution in [1.82, 2.24) is 10.2 Å². The number of nitrogens with zero attached hydrogens (tertiary/aromatic N) is 1. The molecular formula is C19H25ClN2. The van der Waals surface area contributed by atoms with Crippen LogP contribution in [0.5, 0.6) is 0 Å². The van der Waals surface area contributed by atoms with E-state index in [1.54, 1.807) is 0 Å². The smallest absolute Gasteiger partial charge is 0.0582 e. The topological polar surface area (TPSA) is 15.3 Å². The van der Waals surface area contributed by atoms with Crippen LogP contribution in [0.4, 0.5) is 0 Å². The quantitative estimate of drug-likeness (QED) is 0.929. The lowest BCUT2D eigenvalue weighted by atomic mass is 9.94. The minimum absolute atomic E-state index is 0. The summed E-state index contributed by atoms with van der Waals surface area (Å²) >= 11 is 0. The maximum atomic E-state index is 3.76. The van der Waals surface area contributed by atoms with Crippen molar-refractivity contribution in [1.29, 1.82) is 0 Å². The fourth-order valence-electron chi connectivity index (χ4n) is 3.18. The van der Waals surface area contributed by atoms with Crippen LogP contribution in [-0.2, 0) is 12.8 Å². The average Bonchev–Trinajstić information content (AvgIpc) is 2.65. The predicted octanol–water partition coefficient (Wildman–Crippen LogP) is 3.45. The molecule has 3 rings (SSSR count). The van der Waals surface area contributed by atoms with E-state index in [4.69, 9.17) is 0 Å². The molecule has 2 aromatic rings. The van der Waals surface area contributed by atoms with E-state index in [0.29, 0.717) is 6.04 Å². The van der Waals surface area contributed by atoms with Crippen LogP contribution in [0, 0.1) is 0 Å². The van der Waals surface area contributed by atoms with Gasteiger partial charge in [-0.1, -0.05) is 48.5 Å². The molecule has 0 atom stereocenters. The van der Waals surface area contributed by atoms with Gasteiger partial charge in [-0.05, 0) is 49.2 Å². The van der Waals surface area contributed by atoms with E-state index in [9.17, 15) is 0 Å². The van der Waals surface area contributed by atoms with E-state index in [-0.39, 0.29) is 12.4 Å². The zero-order valence-corrected chi connectivity index (χ0v) is 14.2. The van der Waals surface area contributed by atoms with Gasteiger partial charge in [0.05, 0.1) is 6.04 Å². The fraction of sp³-hybridized carbons (Fsp3) is 0.368. The Morgan fingerprint density at radius 2 is 1.41 bits per heavy atom. The molecule has 0 amide bonds. The van der Waals surface area contributed by atoms with Gasteiger partial charge in [-0.15, -0.1) is 12.4 Å². The van der Waals surface area contributed by atoms with Gasteiger partial charge in [0, 0.05) is 13.1 Å². The molecule has 1 aliphatic carbocycles. The van der Waals surface area contributed by atoms with Crippen LogP contribution < -0.4 is 5.32 Å². The van der Waals surface area contributed by atoms with Crippen LogP contribution in [0.3, 0.4) is 0 Å². The van der Waals surface area contributed by atoms with E-state index in [1.165, 1.54) is 22.3 Å². The second kappa shape index (κ2) is 7.77. The third-order valence-corrected chi connectivity index (χ3v) is 4.30. The molecule has 0 fully saturated rings. The van der Waals surface area contributed by atoms with E-state index in [2.05, 4.69) is 72.8 Å². The molecule has 0 saturated carbocycles. The first-order chi connectivity index (χ1) is 10.3. The molecule has 1 aliphatic rings. The Hall–Kier alpha value is -1.35. The van der Waals surface area contributed by atoms with Crippen molar-refractivity contribution in [3.05, 3.63) is 70.8 Å². The molecule has 0 heterocycles. The highest BCUT2D eigenvalue weighted by molar-refractivity contribution is 5.85. The van der Waals surface area contributed by atoms with Gasteiger partial charge >= 0.3 is 0 Å². The van der Waals surface area contributed by atoms with E-state index in [0.717, 1.165) is 25.9 Å². The number of halogens is 1. The van der Waals surface area contributed by atoms with E-state index in [1.807, 2.05) is 0 Å². The molecule has 22 heavy (non-hydrogen) atoms. The normalized spacial score (nSPS) is 14.0. The van der Waals surface area contributed by atoms with E-state index < -0.39 is 0 Å². The molecule has 2 nitrogen and oxygen atoms in total. The second-order valence-electron chi connectivity index (χ2n) is 6.09. The number of likely N-dealkylation sites (N-methyl/N-ethyl adjacent to an activating group) is 1. The summed E-state index contributed by atoms with van der Waals surface area (Å²) in [5, 5.41) is 3.76. The van der Waals surface area contributed by atoms with Gasteiger partial charge in [-0.2, -0.15) is 0 Å². The van der Waals surface area contributed by atoms with Gasteiger partial charge < -0.3 is 10.2 Å². The summed E-state index contributed by atoms with van der Waals surface area (Å²) in [6.07, 6.45) is 2.28. The number of hydrogen-bond donors (Lipinski definition) is 1. The van der Waals surface area contributed by atoms with E-state index >= 15 is 0 Å². The Morgan fingerprint density at radius 1 is 0.909 bits per heavy atom. The maximum absolute atomic E-state index is 3.76. The van der Waals surface area contributed by atoms with Crippen LogP contribution in [0.1, 0.15) is 28.3 Å². The third-order valence-electron chi connectivity index (χ3n) is 4.30. The lowest BCUT2D eigenvalue weighted by molar-refractivity contribution is 0.392. The average molecular weight is 317 g/mol. The number of benzene rings is 2. The largest absolute Gasteiger partial charge is 0.308 e. The first kappa shape index (κ1) is 17.0. The van der Waals surface area contributed by atoms with Gasteiger partial charge in [-0.25, -0.2) is 0 Å². The summed E-state index contributed by atoms with van der Waals surface area (Å²) < 4.78 is 0. The number of fused-ring (bicyclic) bond motifs is 2. The number of nitrogens with one attached hydrogen (secondary N) is 1. The van der Waals surface area contributed by atoms with Gasteiger partial charge in [0.15, 0.2) is 0 Å². The highest BCUT2D eigenvalue weighted by Crippen LogP contribution is 2.32. The van der Waals surface area contributed by atoms with Gasteiger partial charge in [0.25, 0.3) is 0 Å². The van der Waals surface area contributed by atoms with Crippen LogP contribution in [-0.4, -0.2) is 32.1 Å². The fourth-order valence-corrected chi connectivity index (χ4v) is 3.18. The Kier molecular flexibility index (Phi) is 6.01.